The quantitative estimate of drug-likeness (QED) is 0.634. The Bertz CT molecular complexity index is 459. The molecule has 0 spiro atoms. The van der Waals surface area contributed by atoms with Crippen LogP contribution in [0.15, 0.2) is 48.5 Å². The first kappa shape index (κ1) is 15.5. The molecule has 2 aromatic carbocycles. The van der Waals surface area contributed by atoms with Gasteiger partial charge in [-0.3, -0.25) is 0 Å². The fraction of sp³-hybridized carbons (Fsp3) is 0.368. The van der Waals surface area contributed by atoms with Crippen molar-refractivity contribution in [3.63, 3.8) is 0 Å². The third-order valence-electron chi connectivity index (χ3n) is 3.55. The van der Waals surface area contributed by atoms with E-state index in [1.54, 1.807) is 0 Å². The third kappa shape index (κ3) is 5.30. The molecule has 0 aliphatic carbocycles. The van der Waals surface area contributed by atoms with Crippen LogP contribution in [0.5, 0.6) is 0 Å². The van der Waals surface area contributed by atoms with E-state index in [0.29, 0.717) is 5.92 Å². The number of rotatable bonds is 2. The summed E-state index contributed by atoms with van der Waals surface area (Å²) in [5.74, 6) is 0.705. The van der Waals surface area contributed by atoms with Crippen molar-refractivity contribution in [2.24, 2.45) is 0 Å². The lowest BCUT2D eigenvalue weighted by atomic mass is 9.95. The molecule has 0 heteroatoms. The molecule has 0 saturated heterocycles. The van der Waals surface area contributed by atoms with Crippen LogP contribution in [0.1, 0.15) is 48.4 Å². The molecule has 2 rings (SSSR count). The van der Waals surface area contributed by atoms with Crippen LogP contribution in [0, 0.1) is 20.8 Å². The van der Waals surface area contributed by atoms with Crippen LogP contribution in [-0.4, -0.2) is 0 Å². The van der Waals surface area contributed by atoms with Crippen LogP contribution in [0.25, 0.3) is 0 Å². The van der Waals surface area contributed by atoms with Gasteiger partial charge in [0, 0.05) is 0 Å². The van der Waals surface area contributed by atoms with Gasteiger partial charge in [0.2, 0.25) is 0 Å². The highest BCUT2D eigenvalue weighted by Crippen LogP contribution is 2.21. The Morgan fingerprint density at radius 2 is 1.26 bits per heavy atom. The second kappa shape index (κ2) is 7.78. The molecule has 0 aromatic heterocycles. The van der Waals surface area contributed by atoms with E-state index >= 15 is 0 Å². The first-order valence-corrected chi connectivity index (χ1v) is 7.13. The summed E-state index contributed by atoms with van der Waals surface area (Å²) in [6.07, 6.45) is 1.23. The molecule has 0 aliphatic rings. The van der Waals surface area contributed by atoms with Crippen molar-refractivity contribution in [2.45, 2.75) is 47.0 Å². The van der Waals surface area contributed by atoms with Crippen LogP contribution in [0.4, 0.5) is 0 Å². The normalized spacial score (nSPS) is 11.4. The molecule has 0 aliphatic heterocycles. The minimum atomic E-state index is 0.705. The second-order valence-electron chi connectivity index (χ2n) is 5.32. The molecule has 19 heavy (non-hydrogen) atoms. The zero-order valence-corrected chi connectivity index (χ0v) is 12.9. The van der Waals surface area contributed by atoms with Crippen molar-refractivity contribution in [2.75, 3.05) is 0 Å². The SMILES string of the molecule is CCC(C)c1ccccc1C.Cc1ccc(C)cc1. The summed E-state index contributed by atoms with van der Waals surface area (Å²) in [4.78, 5) is 0. The molecule has 1 atom stereocenters. The predicted octanol–water partition coefficient (Wildman–Crippen LogP) is 5.81. The van der Waals surface area contributed by atoms with Gasteiger partial charge in [-0.2, -0.15) is 0 Å². The van der Waals surface area contributed by atoms with Crippen molar-refractivity contribution >= 4 is 0 Å². The molecule has 2 aromatic rings. The van der Waals surface area contributed by atoms with Gasteiger partial charge in [-0.25, -0.2) is 0 Å². The maximum absolute atomic E-state index is 2.28. The average Bonchev–Trinajstić information content (AvgIpc) is 2.42. The number of hydrogen-bond acceptors (Lipinski definition) is 0. The molecule has 0 fully saturated rings. The lowest BCUT2D eigenvalue weighted by Crippen LogP contribution is -1.93. The van der Waals surface area contributed by atoms with E-state index < -0.39 is 0 Å². The largest absolute Gasteiger partial charge is 0.0648 e. The van der Waals surface area contributed by atoms with Crippen LogP contribution >= 0.6 is 0 Å². The highest BCUT2D eigenvalue weighted by atomic mass is 14.1. The second-order valence-corrected chi connectivity index (χ2v) is 5.32. The summed E-state index contributed by atoms with van der Waals surface area (Å²) in [7, 11) is 0. The maximum atomic E-state index is 2.28. The van der Waals surface area contributed by atoms with Crippen molar-refractivity contribution in [3.8, 4) is 0 Å². The number of benzene rings is 2. The first-order chi connectivity index (χ1) is 9.04. The van der Waals surface area contributed by atoms with Gasteiger partial charge in [0.05, 0.1) is 0 Å². The van der Waals surface area contributed by atoms with E-state index in [-0.39, 0.29) is 0 Å². The Labute approximate surface area is 118 Å². The molecule has 0 amide bonds. The average molecular weight is 254 g/mol. The number of aryl methyl sites for hydroxylation is 3. The van der Waals surface area contributed by atoms with E-state index in [2.05, 4.69) is 83.1 Å². The van der Waals surface area contributed by atoms with Crippen LogP contribution in [0.2, 0.25) is 0 Å². The summed E-state index contributed by atoms with van der Waals surface area (Å²) < 4.78 is 0. The van der Waals surface area contributed by atoms with Crippen molar-refractivity contribution in [1.29, 1.82) is 0 Å². The van der Waals surface area contributed by atoms with Crippen molar-refractivity contribution in [3.05, 3.63) is 70.8 Å². The zero-order chi connectivity index (χ0) is 14.3. The van der Waals surface area contributed by atoms with E-state index in [0.717, 1.165) is 0 Å². The Morgan fingerprint density at radius 1 is 0.789 bits per heavy atom. The molecule has 102 valence electrons. The van der Waals surface area contributed by atoms with Crippen LogP contribution < -0.4 is 0 Å². The standard InChI is InChI=1S/C11H16.C8H10/c1-4-9(2)11-8-6-5-7-10(11)3;1-7-3-5-8(2)6-4-7/h5-9H,4H2,1-3H3;3-6H,1-2H3. The molecular weight excluding hydrogens is 228 g/mol. The van der Waals surface area contributed by atoms with Gasteiger partial charge in [-0.1, -0.05) is 73.5 Å². The molecule has 0 radical (unpaired) electrons. The van der Waals surface area contributed by atoms with Gasteiger partial charge in [0.15, 0.2) is 0 Å². The molecular formula is C19H26. The van der Waals surface area contributed by atoms with Gasteiger partial charge in [-0.15, -0.1) is 0 Å². The highest BCUT2D eigenvalue weighted by Gasteiger charge is 2.03. The summed E-state index contributed by atoms with van der Waals surface area (Å²) in [5.41, 5.74) is 5.57. The summed E-state index contributed by atoms with van der Waals surface area (Å²) in [5, 5.41) is 0. The lowest BCUT2D eigenvalue weighted by Gasteiger charge is -2.11. The zero-order valence-electron chi connectivity index (χ0n) is 12.9. The Balaban J connectivity index is 0.000000200. The molecule has 0 N–H and O–H groups in total. The number of hydrogen-bond donors (Lipinski definition) is 0. The smallest absolute Gasteiger partial charge is 0.0190 e. The van der Waals surface area contributed by atoms with Crippen LogP contribution in [-0.2, 0) is 0 Å². The van der Waals surface area contributed by atoms with Crippen molar-refractivity contribution in [1.82, 2.24) is 0 Å². The fourth-order valence-electron chi connectivity index (χ4n) is 2.00. The summed E-state index contributed by atoms with van der Waals surface area (Å²) in [6, 6.07) is 17.1. The third-order valence-corrected chi connectivity index (χ3v) is 3.55. The van der Waals surface area contributed by atoms with Crippen molar-refractivity contribution < 1.29 is 0 Å². The van der Waals surface area contributed by atoms with Gasteiger partial charge in [-0.05, 0) is 44.2 Å². The molecule has 1 unspecified atom stereocenters. The van der Waals surface area contributed by atoms with Gasteiger partial charge in [0.25, 0.3) is 0 Å². The highest BCUT2D eigenvalue weighted by molar-refractivity contribution is 5.28. The fourth-order valence-corrected chi connectivity index (χ4v) is 2.00. The first-order valence-electron chi connectivity index (χ1n) is 7.13. The van der Waals surface area contributed by atoms with Gasteiger partial charge in [0.1, 0.15) is 0 Å². The maximum Gasteiger partial charge on any atom is -0.0190 e. The van der Waals surface area contributed by atoms with Gasteiger partial charge >= 0.3 is 0 Å². The topological polar surface area (TPSA) is 0 Å². The molecule has 0 bridgehead atoms. The summed E-state index contributed by atoms with van der Waals surface area (Å²) in [6.45, 7) is 10.9. The van der Waals surface area contributed by atoms with E-state index in [1.807, 2.05) is 0 Å². The van der Waals surface area contributed by atoms with E-state index in [9.17, 15) is 0 Å². The molecule has 0 heterocycles. The minimum absolute atomic E-state index is 0.705. The minimum Gasteiger partial charge on any atom is -0.0648 e. The lowest BCUT2D eigenvalue weighted by molar-refractivity contribution is 0.728. The van der Waals surface area contributed by atoms with E-state index in [1.165, 1.54) is 28.7 Å². The monoisotopic (exact) mass is 254 g/mol. The predicted molar refractivity (Wildman–Crippen MR) is 85.8 cm³/mol. The Kier molecular flexibility index (Phi) is 6.35. The van der Waals surface area contributed by atoms with Gasteiger partial charge < -0.3 is 0 Å². The van der Waals surface area contributed by atoms with E-state index in [4.69, 9.17) is 0 Å². The molecule has 0 saturated carbocycles. The Morgan fingerprint density at radius 3 is 1.68 bits per heavy atom. The molecule has 0 nitrogen and oxygen atoms in total. The summed E-state index contributed by atoms with van der Waals surface area (Å²) >= 11 is 0. The Hall–Kier alpha value is -1.56. The van der Waals surface area contributed by atoms with Crippen LogP contribution in [0.3, 0.4) is 0 Å².